The van der Waals surface area contributed by atoms with Gasteiger partial charge in [-0.05, 0) is 49.9 Å². The fourth-order valence-corrected chi connectivity index (χ4v) is 4.22. The molecule has 0 aliphatic carbocycles. The Morgan fingerprint density at radius 2 is 1.86 bits per heavy atom. The van der Waals surface area contributed by atoms with E-state index in [9.17, 15) is 4.39 Å². The highest BCUT2D eigenvalue weighted by atomic mass is 32.2. The van der Waals surface area contributed by atoms with E-state index in [-0.39, 0.29) is 10.6 Å². The minimum Gasteiger partial charge on any atom is -0.336 e. The van der Waals surface area contributed by atoms with Crippen molar-refractivity contribution < 1.29 is 4.39 Å². The van der Waals surface area contributed by atoms with E-state index in [0.29, 0.717) is 0 Å². The van der Waals surface area contributed by atoms with Gasteiger partial charge in [-0.1, -0.05) is 54.1 Å². The van der Waals surface area contributed by atoms with E-state index in [1.807, 2.05) is 42.6 Å². The predicted molar refractivity (Wildman–Crippen MR) is 118 cm³/mol. The zero-order valence-electron chi connectivity index (χ0n) is 16.5. The lowest BCUT2D eigenvalue weighted by Crippen LogP contribution is -2.28. The number of hydrogen-bond donors (Lipinski definition) is 0. The number of hydrogen-bond acceptors (Lipinski definition) is 2. The third-order valence-corrected chi connectivity index (χ3v) is 6.24. The Labute approximate surface area is 171 Å². The molecule has 1 heterocycles. The number of imidazole rings is 1. The molecule has 0 radical (unpaired) electrons. The lowest BCUT2D eigenvalue weighted by molar-refractivity contribution is 0.495. The monoisotopic (exact) mass is 394 g/mol. The second-order valence-electron chi connectivity index (χ2n) is 7.44. The van der Waals surface area contributed by atoms with Crippen LogP contribution >= 0.6 is 11.8 Å². The van der Waals surface area contributed by atoms with Gasteiger partial charge in [0.1, 0.15) is 5.82 Å². The topological polar surface area (TPSA) is 17.8 Å². The van der Waals surface area contributed by atoms with Gasteiger partial charge in [-0.15, -0.1) is 11.8 Å². The van der Waals surface area contributed by atoms with E-state index in [2.05, 4.69) is 59.8 Å². The van der Waals surface area contributed by atoms with E-state index in [1.54, 1.807) is 12.1 Å². The van der Waals surface area contributed by atoms with Crippen molar-refractivity contribution >= 4 is 17.8 Å². The van der Waals surface area contributed by atoms with E-state index >= 15 is 0 Å². The number of aromatic nitrogens is 2. The van der Waals surface area contributed by atoms with Gasteiger partial charge in [0.2, 0.25) is 0 Å². The van der Waals surface area contributed by atoms with Crippen molar-refractivity contribution in [2.75, 3.05) is 5.75 Å². The summed E-state index contributed by atoms with van der Waals surface area (Å²) in [5.74, 6) is 0.767. The van der Waals surface area contributed by atoms with E-state index in [0.717, 1.165) is 25.1 Å². The van der Waals surface area contributed by atoms with Gasteiger partial charge in [0, 0.05) is 29.4 Å². The van der Waals surface area contributed by atoms with Crippen LogP contribution in [-0.2, 0) is 13.0 Å². The molecule has 2 aromatic carbocycles. The summed E-state index contributed by atoms with van der Waals surface area (Å²) in [7, 11) is 0. The fraction of sp³-hybridized carbons (Fsp3) is 0.292. The number of thioether (sulfide) groups is 1. The molecule has 0 saturated carbocycles. The number of benzene rings is 2. The molecule has 1 atom stereocenters. The molecule has 4 heteroatoms. The Hall–Kier alpha value is -2.33. The van der Waals surface area contributed by atoms with E-state index < -0.39 is 0 Å². The van der Waals surface area contributed by atoms with Crippen LogP contribution in [0, 0.1) is 12.7 Å². The van der Waals surface area contributed by atoms with Crippen LogP contribution in [0.1, 0.15) is 30.0 Å². The average molecular weight is 395 g/mol. The summed E-state index contributed by atoms with van der Waals surface area (Å²) in [6.45, 7) is 5.31. The molecule has 3 aromatic rings. The first-order chi connectivity index (χ1) is 13.5. The summed E-state index contributed by atoms with van der Waals surface area (Å²) in [4.78, 5) is 4.18. The van der Waals surface area contributed by atoms with Crippen molar-refractivity contribution in [2.45, 2.75) is 38.0 Å². The van der Waals surface area contributed by atoms with Crippen molar-refractivity contribution in [3.8, 4) is 0 Å². The second kappa shape index (κ2) is 9.74. The second-order valence-corrected chi connectivity index (χ2v) is 9.04. The molecule has 0 bridgehead atoms. The van der Waals surface area contributed by atoms with Crippen LogP contribution in [0.3, 0.4) is 0 Å². The first-order valence-corrected chi connectivity index (χ1v) is 10.6. The quantitative estimate of drug-likeness (QED) is 0.432. The van der Waals surface area contributed by atoms with Crippen molar-refractivity contribution in [1.82, 2.24) is 9.55 Å². The maximum Gasteiger partial charge on any atom is 0.123 e. The summed E-state index contributed by atoms with van der Waals surface area (Å²) in [6, 6.07) is 15.4. The summed E-state index contributed by atoms with van der Waals surface area (Å²) in [5.41, 5.74) is 3.68. The molecule has 2 nitrogen and oxygen atoms in total. The summed E-state index contributed by atoms with van der Waals surface area (Å²) >= 11 is 1.96. The lowest BCUT2D eigenvalue weighted by Gasteiger charge is -2.29. The maximum absolute atomic E-state index is 13.2. The zero-order valence-corrected chi connectivity index (χ0v) is 17.3. The van der Waals surface area contributed by atoms with Crippen LogP contribution in [0.2, 0.25) is 0 Å². The molecule has 3 rings (SSSR count). The molecule has 146 valence electrons. The molecule has 0 amide bonds. The Balaban J connectivity index is 1.61. The summed E-state index contributed by atoms with van der Waals surface area (Å²) in [5, 5.41) is 0. The fourth-order valence-electron chi connectivity index (χ4n) is 3.13. The standard InChI is InChI=1S/C24H27FN2S/c1-20-5-7-21(8-6-20)4-3-17-28-24(2,18-27-16-15-26-19-27)14-13-22-9-11-23(25)12-10-22/h3-12,15-16,19H,13-14,17-18H2,1-2H3/b4-3+. The Morgan fingerprint density at radius 1 is 1.11 bits per heavy atom. The molecular formula is C24H27FN2S. The first-order valence-electron chi connectivity index (χ1n) is 9.60. The van der Waals surface area contributed by atoms with Gasteiger partial charge >= 0.3 is 0 Å². The number of rotatable bonds is 9. The van der Waals surface area contributed by atoms with E-state index in [1.165, 1.54) is 16.7 Å². The van der Waals surface area contributed by atoms with Crippen molar-refractivity contribution in [3.63, 3.8) is 0 Å². The zero-order chi connectivity index (χ0) is 19.8. The Kier molecular flexibility index (Phi) is 7.10. The normalized spacial score (nSPS) is 13.7. The highest BCUT2D eigenvalue weighted by molar-refractivity contribution is 8.00. The van der Waals surface area contributed by atoms with Gasteiger partial charge in [-0.2, -0.15) is 0 Å². The molecule has 0 aliphatic rings. The van der Waals surface area contributed by atoms with Crippen molar-refractivity contribution in [2.24, 2.45) is 0 Å². The van der Waals surface area contributed by atoms with Gasteiger partial charge in [0.05, 0.1) is 6.33 Å². The molecule has 0 spiro atoms. The third kappa shape index (κ3) is 6.38. The summed E-state index contributed by atoms with van der Waals surface area (Å²) in [6.07, 6.45) is 12.1. The van der Waals surface area contributed by atoms with Gasteiger partial charge in [0.15, 0.2) is 0 Å². The molecule has 28 heavy (non-hydrogen) atoms. The molecule has 0 aliphatic heterocycles. The van der Waals surface area contributed by atoms with Crippen LogP contribution in [0.5, 0.6) is 0 Å². The number of halogens is 1. The van der Waals surface area contributed by atoms with Crippen LogP contribution < -0.4 is 0 Å². The van der Waals surface area contributed by atoms with Gasteiger partial charge in [-0.25, -0.2) is 9.37 Å². The third-order valence-electron chi connectivity index (χ3n) is 4.85. The summed E-state index contributed by atoms with van der Waals surface area (Å²) < 4.78 is 15.4. The molecule has 0 N–H and O–H groups in total. The lowest BCUT2D eigenvalue weighted by atomic mass is 10.00. The van der Waals surface area contributed by atoms with Gasteiger partial charge in [-0.3, -0.25) is 0 Å². The highest BCUT2D eigenvalue weighted by Gasteiger charge is 2.25. The Morgan fingerprint density at radius 3 is 2.54 bits per heavy atom. The van der Waals surface area contributed by atoms with Crippen molar-refractivity contribution in [3.05, 3.63) is 95.8 Å². The molecule has 0 fully saturated rings. The number of aryl methyl sites for hydroxylation is 2. The van der Waals surface area contributed by atoms with Crippen LogP contribution in [0.4, 0.5) is 4.39 Å². The highest BCUT2D eigenvalue weighted by Crippen LogP contribution is 2.32. The minimum absolute atomic E-state index is 0.0622. The largest absolute Gasteiger partial charge is 0.336 e. The van der Waals surface area contributed by atoms with Crippen molar-refractivity contribution in [1.29, 1.82) is 0 Å². The average Bonchev–Trinajstić information content (AvgIpc) is 3.19. The van der Waals surface area contributed by atoms with Crippen LogP contribution in [0.25, 0.3) is 6.08 Å². The minimum atomic E-state index is -0.180. The molecule has 0 saturated heterocycles. The molecular weight excluding hydrogens is 367 g/mol. The van der Waals surface area contributed by atoms with E-state index in [4.69, 9.17) is 0 Å². The Bertz CT molecular complexity index is 870. The number of nitrogens with zero attached hydrogens (tertiary/aromatic N) is 2. The maximum atomic E-state index is 13.2. The van der Waals surface area contributed by atoms with Crippen LogP contribution in [-0.4, -0.2) is 20.1 Å². The first kappa shape index (κ1) is 20.4. The van der Waals surface area contributed by atoms with Crippen LogP contribution in [0.15, 0.2) is 73.3 Å². The molecule has 1 unspecified atom stereocenters. The smallest absolute Gasteiger partial charge is 0.123 e. The van der Waals surface area contributed by atoms with Gasteiger partial charge < -0.3 is 4.57 Å². The SMILES string of the molecule is Cc1ccc(/C=C/CSC(C)(CCc2ccc(F)cc2)Cn2ccnc2)cc1. The van der Waals surface area contributed by atoms with Gasteiger partial charge in [0.25, 0.3) is 0 Å². The molecule has 1 aromatic heterocycles. The predicted octanol–water partition coefficient (Wildman–Crippen LogP) is 6.17.